The van der Waals surface area contributed by atoms with Gasteiger partial charge in [-0.1, -0.05) is 0 Å². The number of hydrogen-bond donors (Lipinski definition) is 0. The minimum absolute atomic E-state index is 0.0297. The molecule has 0 aromatic heterocycles. The first-order valence-corrected chi connectivity index (χ1v) is 4.51. The number of hydrogen-bond acceptors (Lipinski definition) is 2. The second kappa shape index (κ2) is 5.50. The molecule has 0 saturated heterocycles. The summed E-state index contributed by atoms with van der Waals surface area (Å²) in [6, 6.07) is 5.60. The molecule has 1 rings (SSSR count). The van der Waals surface area contributed by atoms with Gasteiger partial charge in [0.1, 0.15) is 5.82 Å². The Labute approximate surface area is 82.7 Å². The van der Waals surface area contributed by atoms with E-state index in [1.54, 1.807) is 7.11 Å². The first kappa shape index (κ1) is 10.9. The van der Waals surface area contributed by atoms with E-state index in [0.717, 1.165) is 0 Å². The molecule has 0 spiro atoms. The number of halogens is 1. The van der Waals surface area contributed by atoms with Crippen molar-refractivity contribution in [3.63, 3.8) is 0 Å². The molecule has 2 nitrogen and oxygen atoms in total. The molecule has 14 heavy (non-hydrogen) atoms. The van der Waals surface area contributed by atoms with Gasteiger partial charge in [-0.2, -0.15) is 0 Å². The molecule has 0 N–H and O–H groups in total. The van der Waals surface area contributed by atoms with Gasteiger partial charge in [0.15, 0.2) is 5.78 Å². The molecule has 0 aliphatic rings. The summed E-state index contributed by atoms with van der Waals surface area (Å²) < 4.78 is 17.4. The van der Waals surface area contributed by atoms with E-state index in [0.29, 0.717) is 25.0 Å². The van der Waals surface area contributed by atoms with E-state index in [1.165, 1.54) is 24.3 Å². The minimum Gasteiger partial charge on any atom is -0.385 e. The van der Waals surface area contributed by atoms with Gasteiger partial charge in [0.25, 0.3) is 0 Å². The number of Topliss-reactive ketones (excluding diaryl/α,β-unsaturated/α-hetero) is 1. The second-order valence-corrected chi connectivity index (χ2v) is 3.03. The van der Waals surface area contributed by atoms with Gasteiger partial charge in [0.2, 0.25) is 0 Å². The van der Waals surface area contributed by atoms with E-state index in [1.807, 2.05) is 0 Å². The minimum atomic E-state index is -0.321. The first-order chi connectivity index (χ1) is 6.74. The predicted octanol–water partition coefficient (Wildman–Crippen LogP) is 2.44. The molecular formula is C11H13FO2. The molecule has 3 heteroatoms. The third-order valence-electron chi connectivity index (χ3n) is 1.92. The first-order valence-electron chi connectivity index (χ1n) is 4.51. The Morgan fingerprint density at radius 2 is 2.00 bits per heavy atom. The SMILES string of the molecule is COCCCC(=O)c1ccc(F)cc1. The average Bonchev–Trinajstić information content (AvgIpc) is 2.19. The molecule has 0 saturated carbocycles. The fourth-order valence-electron chi connectivity index (χ4n) is 1.16. The monoisotopic (exact) mass is 196 g/mol. The summed E-state index contributed by atoms with van der Waals surface area (Å²) in [6.45, 7) is 0.576. The van der Waals surface area contributed by atoms with Crippen molar-refractivity contribution in [2.75, 3.05) is 13.7 Å². The van der Waals surface area contributed by atoms with Crippen LogP contribution in [0, 0.1) is 5.82 Å². The highest BCUT2D eigenvalue weighted by molar-refractivity contribution is 5.95. The van der Waals surface area contributed by atoms with E-state index in [-0.39, 0.29) is 11.6 Å². The molecule has 0 heterocycles. The summed E-state index contributed by atoms with van der Waals surface area (Å²) >= 11 is 0. The number of ether oxygens (including phenoxy) is 1. The third kappa shape index (κ3) is 3.26. The highest BCUT2D eigenvalue weighted by Crippen LogP contribution is 2.07. The van der Waals surface area contributed by atoms with E-state index >= 15 is 0 Å². The molecule has 0 bridgehead atoms. The predicted molar refractivity (Wildman–Crippen MR) is 51.8 cm³/mol. The van der Waals surface area contributed by atoms with Crippen molar-refractivity contribution in [1.82, 2.24) is 0 Å². The van der Waals surface area contributed by atoms with Crippen LogP contribution in [0.2, 0.25) is 0 Å². The third-order valence-corrected chi connectivity index (χ3v) is 1.92. The maximum Gasteiger partial charge on any atom is 0.162 e. The van der Waals surface area contributed by atoms with Crippen molar-refractivity contribution in [3.05, 3.63) is 35.6 Å². The van der Waals surface area contributed by atoms with Crippen LogP contribution in [0.3, 0.4) is 0 Å². The number of rotatable bonds is 5. The molecule has 0 unspecified atom stereocenters. The Hall–Kier alpha value is -1.22. The van der Waals surface area contributed by atoms with Gasteiger partial charge in [-0.15, -0.1) is 0 Å². The molecule has 0 aliphatic heterocycles. The van der Waals surface area contributed by atoms with Crippen molar-refractivity contribution >= 4 is 5.78 Å². The van der Waals surface area contributed by atoms with Crippen molar-refractivity contribution in [1.29, 1.82) is 0 Å². The number of carbonyl (C=O) groups is 1. The molecule has 1 aromatic carbocycles. The van der Waals surface area contributed by atoms with E-state index in [9.17, 15) is 9.18 Å². The van der Waals surface area contributed by atoms with Crippen LogP contribution in [-0.4, -0.2) is 19.5 Å². The molecule has 0 fully saturated rings. The highest BCUT2D eigenvalue weighted by Gasteiger charge is 2.04. The van der Waals surface area contributed by atoms with Gasteiger partial charge in [0.05, 0.1) is 0 Å². The van der Waals surface area contributed by atoms with Crippen molar-refractivity contribution in [2.24, 2.45) is 0 Å². The van der Waals surface area contributed by atoms with E-state index in [4.69, 9.17) is 4.74 Å². The standard InChI is InChI=1S/C11H13FO2/c1-14-8-2-3-11(13)9-4-6-10(12)7-5-9/h4-7H,2-3,8H2,1H3. The summed E-state index contributed by atoms with van der Waals surface area (Å²) in [5.41, 5.74) is 0.558. The zero-order valence-electron chi connectivity index (χ0n) is 8.13. The smallest absolute Gasteiger partial charge is 0.162 e. The Kier molecular flexibility index (Phi) is 4.26. The zero-order valence-corrected chi connectivity index (χ0v) is 8.13. The van der Waals surface area contributed by atoms with Gasteiger partial charge >= 0.3 is 0 Å². The fourth-order valence-corrected chi connectivity index (χ4v) is 1.16. The number of methoxy groups -OCH3 is 1. The molecule has 0 aliphatic carbocycles. The van der Waals surface area contributed by atoms with Crippen LogP contribution < -0.4 is 0 Å². The van der Waals surface area contributed by atoms with Crippen LogP contribution in [0.15, 0.2) is 24.3 Å². The molecule has 0 amide bonds. The van der Waals surface area contributed by atoms with Crippen LogP contribution >= 0.6 is 0 Å². The normalized spacial score (nSPS) is 10.1. The van der Waals surface area contributed by atoms with Crippen LogP contribution in [0.4, 0.5) is 4.39 Å². The Balaban J connectivity index is 2.48. The number of ketones is 1. The number of carbonyl (C=O) groups excluding carboxylic acids is 1. The van der Waals surface area contributed by atoms with Crippen LogP contribution in [0.25, 0.3) is 0 Å². The van der Waals surface area contributed by atoms with E-state index < -0.39 is 0 Å². The van der Waals surface area contributed by atoms with Crippen LogP contribution in [-0.2, 0) is 4.74 Å². The Bertz CT molecular complexity index is 293. The summed E-state index contributed by atoms with van der Waals surface area (Å²) in [7, 11) is 1.60. The van der Waals surface area contributed by atoms with Crippen molar-refractivity contribution in [3.8, 4) is 0 Å². The van der Waals surface area contributed by atoms with Gasteiger partial charge in [-0.05, 0) is 30.7 Å². The van der Waals surface area contributed by atoms with E-state index in [2.05, 4.69) is 0 Å². The van der Waals surface area contributed by atoms with Crippen molar-refractivity contribution in [2.45, 2.75) is 12.8 Å². The quantitative estimate of drug-likeness (QED) is 0.534. The van der Waals surface area contributed by atoms with Crippen LogP contribution in [0.5, 0.6) is 0 Å². The van der Waals surface area contributed by atoms with Gasteiger partial charge < -0.3 is 4.74 Å². The lowest BCUT2D eigenvalue weighted by atomic mass is 10.1. The average molecular weight is 196 g/mol. The lowest BCUT2D eigenvalue weighted by molar-refractivity contribution is 0.0963. The Morgan fingerprint density at radius 1 is 1.36 bits per heavy atom. The topological polar surface area (TPSA) is 26.3 Å². The zero-order chi connectivity index (χ0) is 10.4. The van der Waals surface area contributed by atoms with Gasteiger partial charge in [-0.25, -0.2) is 4.39 Å². The molecule has 0 radical (unpaired) electrons. The summed E-state index contributed by atoms with van der Waals surface area (Å²) in [5.74, 6) is -0.291. The largest absolute Gasteiger partial charge is 0.385 e. The van der Waals surface area contributed by atoms with Gasteiger partial charge in [0, 0.05) is 25.7 Å². The van der Waals surface area contributed by atoms with Gasteiger partial charge in [-0.3, -0.25) is 4.79 Å². The Morgan fingerprint density at radius 3 is 2.57 bits per heavy atom. The molecule has 1 aromatic rings. The lowest BCUT2D eigenvalue weighted by Gasteiger charge is -2.00. The lowest BCUT2D eigenvalue weighted by Crippen LogP contribution is -2.01. The summed E-state index contributed by atoms with van der Waals surface area (Å²) in [5, 5.41) is 0. The summed E-state index contributed by atoms with van der Waals surface area (Å²) in [6.07, 6.45) is 1.15. The second-order valence-electron chi connectivity index (χ2n) is 3.03. The maximum absolute atomic E-state index is 12.5. The fraction of sp³-hybridized carbons (Fsp3) is 0.364. The summed E-state index contributed by atoms with van der Waals surface area (Å²) in [4.78, 5) is 11.5. The molecule has 0 atom stereocenters. The van der Waals surface area contributed by atoms with Crippen LogP contribution in [0.1, 0.15) is 23.2 Å². The molecule has 76 valence electrons. The van der Waals surface area contributed by atoms with Crippen molar-refractivity contribution < 1.29 is 13.9 Å². The highest BCUT2D eigenvalue weighted by atomic mass is 19.1. The molecular weight excluding hydrogens is 183 g/mol. The number of benzene rings is 1. The maximum atomic E-state index is 12.5.